The van der Waals surface area contributed by atoms with E-state index in [1.165, 1.54) is 7.11 Å². The number of halogens is 1. The van der Waals surface area contributed by atoms with Gasteiger partial charge in [0, 0.05) is 0 Å². The van der Waals surface area contributed by atoms with Crippen LogP contribution in [0.5, 0.6) is 5.75 Å². The molecule has 20 heavy (non-hydrogen) atoms. The van der Waals surface area contributed by atoms with Gasteiger partial charge in [-0.05, 0) is 31.0 Å². The van der Waals surface area contributed by atoms with E-state index in [4.69, 9.17) is 16.3 Å². The van der Waals surface area contributed by atoms with Crippen LogP contribution in [0.2, 0.25) is 5.15 Å². The standard InChI is InChI=1S/C14H15ClN2O3/c1-4-9-12(15)16-14(19)17(13(9)18)10-7-8(2)5-6-11(10)20-3/h5-7H,4H2,1-3H3,(H,16,19). The molecule has 0 aliphatic rings. The van der Waals surface area contributed by atoms with Crippen molar-refractivity contribution >= 4 is 11.6 Å². The van der Waals surface area contributed by atoms with Gasteiger partial charge in [0.15, 0.2) is 0 Å². The Balaban J connectivity index is 2.87. The Kier molecular flexibility index (Phi) is 3.99. The third-order valence-corrected chi connectivity index (χ3v) is 3.40. The van der Waals surface area contributed by atoms with Gasteiger partial charge in [0.25, 0.3) is 5.56 Å². The maximum Gasteiger partial charge on any atom is 0.334 e. The Morgan fingerprint density at radius 2 is 2.05 bits per heavy atom. The number of aryl methyl sites for hydroxylation is 1. The van der Waals surface area contributed by atoms with Crippen LogP contribution in [0, 0.1) is 6.92 Å². The normalized spacial score (nSPS) is 10.6. The van der Waals surface area contributed by atoms with Crippen LogP contribution in [-0.4, -0.2) is 16.7 Å². The molecule has 2 aromatic rings. The zero-order chi connectivity index (χ0) is 14.9. The third kappa shape index (κ3) is 2.36. The Morgan fingerprint density at radius 3 is 2.65 bits per heavy atom. The molecule has 2 rings (SSSR count). The summed E-state index contributed by atoms with van der Waals surface area (Å²) in [6.45, 7) is 3.68. The molecule has 0 spiro atoms. The Hall–Kier alpha value is -2.01. The van der Waals surface area contributed by atoms with E-state index in [9.17, 15) is 9.59 Å². The number of rotatable bonds is 3. The summed E-state index contributed by atoms with van der Waals surface area (Å²) in [5, 5.41) is 0.0883. The van der Waals surface area contributed by atoms with Gasteiger partial charge in [0.2, 0.25) is 0 Å². The van der Waals surface area contributed by atoms with Crippen molar-refractivity contribution in [2.24, 2.45) is 0 Å². The maximum absolute atomic E-state index is 12.4. The summed E-state index contributed by atoms with van der Waals surface area (Å²) in [5.74, 6) is 0.451. The smallest absolute Gasteiger partial charge is 0.334 e. The van der Waals surface area contributed by atoms with E-state index < -0.39 is 11.2 Å². The number of aromatic amines is 1. The number of aromatic nitrogens is 2. The predicted octanol–water partition coefficient (Wildman–Crippen LogP) is 2.06. The van der Waals surface area contributed by atoms with Crippen LogP contribution in [0.15, 0.2) is 27.8 Å². The van der Waals surface area contributed by atoms with Gasteiger partial charge in [-0.25, -0.2) is 9.36 Å². The lowest BCUT2D eigenvalue weighted by molar-refractivity contribution is 0.412. The van der Waals surface area contributed by atoms with E-state index >= 15 is 0 Å². The van der Waals surface area contributed by atoms with E-state index in [1.54, 1.807) is 19.1 Å². The van der Waals surface area contributed by atoms with Crippen LogP contribution < -0.4 is 16.0 Å². The summed E-state index contributed by atoms with van der Waals surface area (Å²) in [4.78, 5) is 27.0. The van der Waals surface area contributed by atoms with Crippen LogP contribution in [0.3, 0.4) is 0 Å². The summed E-state index contributed by atoms with van der Waals surface area (Å²) in [5.41, 5.74) is 0.686. The summed E-state index contributed by atoms with van der Waals surface area (Å²) < 4.78 is 6.28. The predicted molar refractivity (Wildman–Crippen MR) is 78.3 cm³/mol. The first-order valence-corrected chi connectivity index (χ1v) is 6.56. The monoisotopic (exact) mass is 294 g/mol. The molecule has 0 radical (unpaired) electrons. The van der Waals surface area contributed by atoms with Gasteiger partial charge >= 0.3 is 5.69 Å². The van der Waals surface area contributed by atoms with E-state index in [0.717, 1.165) is 10.1 Å². The fraction of sp³-hybridized carbons (Fsp3) is 0.286. The molecule has 0 fully saturated rings. The minimum absolute atomic E-state index is 0.0883. The van der Waals surface area contributed by atoms with Crippen LogP contribution in [-0.2, 0) is 6.42 Å². The quantitative estimate of drug-likeness (QED) is 0.881. The first kappa shape index (κ1) is 14.4. The molecule has 0 amide bonds. The average molecular weight is 295 g/mol. The van der Waals surface area contributed by atoms with Crippen molar-refractivity contribution in [1.82, 2.24) is 9.55 Å². The van der Waals surface area contributed by atoms with Gasteiger partial charge in [0.05, 0.1) is 18.4 Å². The number of nitrogens with zero attached hydrogens (tertiary/aromatic N) is 1. The Labute approximate surface area is 120 Å². The second kappa shape index (κ2) is 5.54. The van der Waals surface area contributed by atoms with Crippen LogP contribution in [0.4, 0.5) is 0 Å². The minimum Gasteiger partial charge on any atom is -0.495 e. The summed E-state index contributed by atoms with van der Waals surface area (Å²) >= 11 is 5.90. The van der Waals surface area contributed by atoms with Crippen molar-refractivity contribution in [2.45, 2.75) is 20.3 Å². The van der Waals surface area contributed by atoms with Crippen molar-refractivity contribution < 1.29 is 4.74 Å². The molecule has 0 unspecified atom stereocenters. The molecule has 1 aromatic carbocycles. The second-order valence-corrected chi connectivity index (χ2v) is 4.77. The van der Waals surface area contributed by atoms with Gasteiger partial charge < -0.3 is 4.74 Å². The molecule has 1 N–H and O–H groups in total. The average Bonchev–Trinajstić information content (AvgIpc) is 2.39. The van der Waals surface area contributed by atoms with Gasteiger partial charge in [-0.1, -0.05) is 24.6 Å². The number of benzene rings is 1. The van der Waals surface area contributed by atoms with Crippen LogP contribution >= 0.6 is 11.6 Å². The molecule has 0 aliphatic heterocycles. The maximum atomic E-state index is 12.4. The zero-order valence-corrected chi connectivity index (χ0v) is 12.2. The molecule has 6 heteroatoms. The molecule has 106 valence electrons. The number of methoxy groups -OCH3 is 1. The van der Waals surface area contributed by atoms with E-state index in [2.05, 4.69) is 4.98 Å². The fourth-order valence-electron chi connectivity index (χ4n) is 2.05. The lowest BCUT2D eigenvalue weighted by Gasteiger charge is -2.12. The summed E-state index contributed by atoms with van der Waals surface area (Å²) in [7, 11) is 1.49. The van der Waals surface area contributed by atoms with Gasteiger partial charge in [-0.3, -0.25) is 9.78 Å². The van der Waals surface area contributed by atoms with Crippen molar-refractivity contribution in [3.05, 3.63) is 55.3 Å². The molecule has 5 nitrogen and oxygen atoms in total. The largest absolute Gasteiger partial charge is 0.495 e. The van der Waals surface area contributed by atoms with Gasteiger partial charge in [-0.2, -0.15) is 0 Å². The SMILES string of the molecule is CCc1c(Cl)[nH]c(=O)n(-c2cc(C)ccc2OC)c1=O. The third-order valence-electron chi connectivity index (χ3n) is 3.07. The lowest BCUT2D eigenvalue weighted by atomic mass is 10.2. The van der Waals surface area contributed by atoms with Crippen LogP contribution in [0.25, 0.3) is 5.69 Å². The van der Waals surface area contributed by atoms with Crippen molar-refractivity contribution in [1.29, 1.82) is 0 Å². The summed E-state index contributed by atoms with van der Waals surface area (Å²) in [6.07, 6.45) is 0.433. The number of nitrogens with one attached hydrogen (secondary N) is 1. The Bertz CT molecular complexity index is 762. The van der Waals surface area contributed by atoms with Gasteiger partial charge in [0.1, 0.15) is 10.9 Å². The molecule has 0 aliphatic carbocycles. The molecule has 0 saturated carbocycles. The van der Waals surface area contributed by atoms with E-state index in [-0.39, 0.29) is 5.15 Å². The van der Waals surface area contributed by atoms with E-state index in [1.807, 2.05) is 13.0 Å². The number of ether oxygens (including phenoxy) is 1. The number of H-pyrrole nitrogens is 1. The first-order valence-electron chi connectivity index (χ1n) is 6.18. The second-order valence-electron chi connectivity index (χ2n) is 4.39. The van der Waals surface area contributed by atoms with Crippen molar-refractivity contribution in [2.75, 3.05) is 7.11 Å². The molecule has 1 aromatic heterocycles. The van der Waals surface area contributed by atoms with Crippen LogP contribution in [0.1, 0.15) is 18.1 Å². The number of hydrogen-bond donors (Lipinski definition) is 1. The minimum atomic E-state index is -0.582. The Morgan fingerprint density at radius 1 is 1.35 bits per heavy atom. The molecular weight excluding hydrogens is 280 g/mol. The molecule has 0 bridgehead atoms. The highest BCUT2D eigenvalue weighted by atomic mass is 35.5. The molecular formula is C14H15ClN2O3. The lowest BCUT2D eigenvalue weighted by Crippen LogP contribution is -2.36. The molecule has 1 heterocycles. The molecule has 0 saturated heterocycles. The molecule has 0 atom stereocenters. The highest BCUT2D eigenvalue weighted by Gasteiger charge is 2.15. The summed E-state index contributed by atoms with van der Waals surface area (Å²) in [6, 6.07) is 5.29. The van der Waals surface area contributed by atoms with Gasteiger partial charge in [-0.15, -0.1) is 0 Å². The first-order chi connectivity index (χ1) is 9.49. The highest BCUT2D eigenvalue weighted by Crippen LogP contribution is 2.22. The van der Waals surface area contributed by atoms with Crippen molar-refractivity contribution in [3.63, 3.8) is 0 Å². The zero-order valence-electron chi connectivity index (χ0n) is 11.5. The van der Waals surface area contributed by atoms with E-state index in [0.29, 0.717) is 23.4 Å². The fourth-order valence-corrected chi connectivity index (χ4v) is 2.34. The number of hydrogen-bond acceptors (Lipinski definition) is 3. The van der Waals surface area contributed by atoms with Crippen molar-refractivity contribution in [3.8, 4) is 11.4 Å². The highest BCUT2D eigenvalue weighted by molar-refractivity contribution is 6.30. The topological polar surface area (TPSA) is 64.1 Å².